The van der Waals surface area contributed by atoms with Gasteiger partial charge in [0.25, 0.3) is 11.1 Å². The molecule has 3 aromatic carbocycles. The lowest BCUT2D eigenvalue weighted by Gasteiger charge is -2.08. The van der Waals surface area contributed by atoms with E-state index in [-0.39, 0.29) is 48.7 Å². The van der Waals surface area contributed by atoms with E-state index < -0.39 is 22.0 Å². The molecule has 0 amide bonds. The molecular formula is C16H8ClN3O4. The number of nitrogen functional groups attached to an aromatic ring is 2. The maximum Gasteiger partial charge on any atom is 0.261 e. The number of halogens is 1. The number of benzene rings is 3. The van der Waals surface area contributed by atoms with Gasteiger partial charge in [0, 0.05) is 5.39 Å². The van der Waals surface area contributed by atoms with Gasteiger partial charge in [-0.2, -0.15) is 0 Å². The zero-order valence-electron chi connectivity index (χ0n) is 11.9. The van der Waals surface area contributed by atoms with E-state index in [2.05, 4.69) is 4.98 Å². The lowest BCUT2D eigenvalue weighted by molar-refractivity contribution is 1.26. The van der Waals surface area contributed by atoms with Gasteiger partial charge in [0.15, 0.2) is 10.9 Å². The molecule has 118 valence electrons. The second-order valence-electron chi connectivity index (χ2n) is 5.43. The summed E-state index contributed by atoms with van der Waals surface area (Å²) in [5.74, 6) is 0. The van der Waals surface area contributed by atoms with Gasteiger partial charge in [0.2, 0.25) is 0 Å². The van der Waals surface area contributed by atoms with Crippen LogP contribution in [0.25, 0.3) is 32.3 Å². The van der Waals surface area contributed by atoms with Crippen LogP contribution in [0.3, 0.4) is 0 Å². The smallest absolute Gasteiger partial charge is 0.261 e. The number of H-pyrrole nitrogens is 1. The lowest BCUT2D eigenvalue weighted by atomic mass is 9.96. The summed E-state index contributed by atoms with van der Waals surface area (Å²) in [6.45, 7) is 0. The maximum absolute atomic E-state index is 12.8. The minimum atomic E-state index is -0.757. The molecule has 0 aliphatic rings. The number of hydrogen-bond acceptors (Lipinski definition) is 6. The Morgan fingerprint density at radius 2 is 1.29 bits per heavy atom. The summed E-state index contributed by atoms with van der Waals surface area (Å²) in [5.41, 5.74) is 8.74. The van der Waals surface area contributed by atoms with Crippen molar-refractivity contribution in [1.82, 2.24) is 4.98 Å². The quantitative estimate of drug-likeness (QED) is 0.243. The number of hydrogen-bond donors (Lipinski definition) is 3. The first-order valence-electron chi connectivity index (χ1n) is 6.83. The predicted octanol–water partition coefficient (Wildman–Crippen LogP) is 0.609. The predicted molar refractivity (Wildman–Crippen MR) is 94.6 cm³/mol. The Morgan fingerprint density at radius 1 is 0.750 bits per heavy atom. The normalized spacial score (nSPS) is 11.7. The summed E-state index contributed by atoms with van der Waals surface area (Å²) >= 11 is 6.05. The van der Waals surface area contributed by atoms with Gasteiger partial charge in [-0.3, -0.25) is 24.2 Å². The van der Waals surface area contributed by atoms with Gasteiger partial charge >= 0.3 is 0 Å². The number of anilines is 2. The molecule has 0 unspecified atom stereocenters. The van der Waals surface area contributed by atoms with Crippen molar-refractivity contribution in [3.63, 3.8) is 0 Å². The number of aromatic amines is 1. The molecule has 1 aromatic heterocycles. The van der Waals surface area contributed by atoms with Crippen LogP contribution in [0.2, 0.25) is 5.02 Å². The molecule has 7 nitrogen and oxygen atoms in total. The molecule has 0 aliphatic heterocycles. The van der Waals surface area contributed by atoms with Gasteiger partial charge in [0.1, 0.15) is 0 Å². The van der Waals surface area contributed by atoms with E-state index in [1.807, 2.05) is 0 Å². The zero-order valence-corrected chi connectivity index (χ0v) is 12.7. The molecule has 0 bridgehead atoms. The monoisotopic (exact) mass is 341 g/mol. The van der Waals surface area contributed by atoms with Crippen LogP contribution in [0.15, 0.2) is 37.4 Å². The average Bonchev–Trinajstić information content (AvgIpc) is 2.83. The van der Waals surface area contributed by atoms with Crippen molar-refractivity contribution in [2.45, 2.75) is 0 Å². The summed E-state index contributed by atoms with van der Waals surface area (Å²) in [6.07, 6.45) is 0. The molecule has 8 heteroatoms. The van der Waals surface area contributed by atoms with Gasteiger partial charge in [0.05, 0.1) is 43.3 Å². The molecule has 5 N–H and O–H groups in total. The fourth-order valence-electron chi connectivity index (χ4n) is 3.16. The van der Waals surface area contributed by atoms with Crippen LogP contribution in [0.5, 0.6) is 0 Å². The van der Waals surface area contributed by atoms with Crippen LogP contribution in [-0.2, 0) is 0 Å². The molecular weight excluding hydrogens is 334 g/mol. The lowest BCUT2D eigenvalue weighted by Crippen LogP contribution is -2.17. The highest BCUT2D eigenvalue weighted by Crippen LogP contribution is 2.32. The van der Waals surface area contributed by atoms with Gasteiger partial charge in [-0.15, -0.1) is 0 Å². The van der Waals surface area contributed by atoms with Crippen LogP contribution in [-0.4, -0.2) is 4.98 Å². The Kier molecular flexibility index (Phi) is 2.65. The van der Waals surface area contributed by atoms with Crippen LogP contribution in [0.4, 0.5) is 11.4 Å². The summed E-state index contributed by atoms with van der Waals surface area (Å²) < 4.78 is 0. The van der Waals surface area contributed by atoms with Crippen molar-refractivity contribution in [3.8, 4) is 0 Å². The summed E-state index contributed by atoms with van der Waals surface area (Å²) in [6, 6.07) is 4.44. The Hall–Kier alpha value is -3.19. The third-order valence-corrected chi connectivity index (χ3v) is 4.51. The molecule has 24 heavy (non-hydrogen) atoms. The minimum absolute atomic E-state index is 0.00690. The van der Waals surface area contributed by atoms with E-state index in [0.29, 0.717) is 0 Å². The molecule has 4 aromatic rings. The molecule has 0 saturated heterocycles. The summed E-state index contributed by atoms with van der Waals surface area (Å²) in [5, 5.41) is -0.549. The number of rotatable bonds is 0. The fourth-order valence-corrected chi connectivity index (χ4v) is 3.42. The highest BCUT2D eigenvalue weighted by atomic mass is 35.5. The Balaban J connectivity index is 2.56. The van der Waals surface area contributed by atoms with Gasteiger partial charge in [-0.1, -0.05) is 23.7 Å². The van der Waals surface area contributed by atoms with Crippen molar-refractivity contribution in [1.29, 1.82) is 0 Å². The van der Waals surface area contributed by atoms with Gasteiger partial charge in [-0.05, 0) is 6.07 Å². The van der Waals surface area contributed by atoms with E-state index in [0.717, 1.165) is 0 Å². The SMILES string of the molecule is Nc1c2c(=O)[nH]c(=O)c2c(N)c2c(=O)c3c(Cl)cccc3c(=O)c12. The number of fused-ring (bicyclic) bond motifs is 3. The average molecular weight is 342 g/mol. The molecule has 0 spiro atoms. The van der Waals surface area contributed by atoms with Crippen LogP contribution >= 0.6 is 11.6 Å². The number of nitrogens with two attached hydrogens (primary N) is 2. The second kappa shape index (κ2) is 4.42. The van der Waals surface area contributed by atoms with Crippen LogP contribution in [0.1, 0.15) is 0 Å². The maximum atomic E-state index is 12.8. The largest absolute Gasteiger partial charge is 0.397 e. The molecule has 1 heterocycles. The third-order valence-electron chi connectivity index (χ3n) is 4.20. The van der Waals surface area contributed by atoms with Crippen LogP contribution in [0, 0.1) is 0 Å². The first kappa shape index (κ1) is 14.4. The van der Waals surface area contributed by atoms with Crippen molar-refractivity contribution < 1.29 is 0 Å². The van der Waals surface area contributed by atoms with Crippen molar-refractivity contribution >= 4 is 55.3 Å². The van der Waals surface area contributed by atoms with E-state index in [1.54, 1.807) is 0 Å². The van der Waals surface area contributed by atoms with Gasteiger partial charge in [-0.25, -0.2) is 0 Å². The van der Waals surface area contributed by atoms with Crippen molar-refractivity contribution in [2.75, 3.05) is 11.5 Å². The molecule has 0 aliphatic carbocycles. The standard InChI is InChI=1S/C16H8ClN3O4/c17-5-3-1-2-4-6(5)14(22)8-7(13(4)21)11(18)9-10(12(8)19)16(24)20-15(9)23/h1-3H,18-19H2,(H,20,23,24). The first-order chi connectivity index (χ1) is 11.3. The van der Waals surface area contributed by atoms with Crippen LogP contribution < -0.4 is 33.4 Å². The molecule has 0 radical (unpaired) electrons. The zero-order chi connectivity index (χ0) is 17.3. The van der Waals surface area contributed by atoms with Gasteiger partial charge < -0.3 is 11.5 Å². The number of nitrogens with one attached hydrogen (secondary N) is 1. The topological polar surface area (TPSA) is 136 Å². The highest BCUT2D eigenvalue weighted by Gasteiger charge is 2.23. The van der Waals surface area contributed by atoms with E-state index in [4.69, 9.17) is 23.1 Å². The third kappa shape index (κ3) is 1.51. The molecule has 0 saturated carbocycles. The van der Waals surface area contributed by atoms with Crippen molar-refractivity contribution in [2.24, 2.45) is 0 Å². The Bertz CT molecular complexity index is 1410. The molecule has 0 fully saturated rings. The summed E-state index contributed by atoms with van der Waals surface area (Å²) in [4.78, 5) is 51.6. The Morgan fingerprint density at radius 3 is 1.88 bits per heavy atom. The highest BCUT2D eigenvalue weighted by molar-refractivity contribution is 6.36. The molecule has 4 rings (SSSR count). The second-order valence-corrected chi connectivity index (χ2v) is 5.84. The first-order valence-corrected chi connectivity index (χ1v) is 7.20. The van der Waals surface area contributed by atoms with E-state index in [1.165, 1.54) is 18.2 Å². The molecule has 0 atom stereocenters. The van der Waals surface area contributed by atoms with E-state index >= 15 is 0 Å². The van der Waals surface area contributed by atoms with E-state index in [9.17, 15) is 19.2 Å². The fraction of sp³-hybridized carbons (Fsp3) is 0. The van der Waals surface area contributed by atoms with Crippen molar-refractivity contribution in [3.05, 3.63) is 64.4 Å². The summed E-state index contributed by atoms with van der Waals surface area (Å²) in [7, 11) is 0. The minimum Gasteiger partial charge on any atom is -0.397 e. The number of aromatic nitrogens is 1. The Labute approximate surface area is 136 Å².